The van der Waals surface area contributed by atoms with E-state index in [4.69, 9.17) is 9.84 Å². The van der Waals surface area contributed by atoms with E-state index in [9.17, 15) is 0 Å². The molecular formula is C9H13NO2. The standard InChI is InChI=1S/C9H13NO2/c1-7(11)3-8-4-9(12-2)6-10-5-8/h4-7,11H,3H2,1-2H3/t7-/m1/s1. The van der Waals surface area contributed by atoms with Crippen LogP contribution >= 0.6 is 0 Å². The van der Waals surface area contributed by atoms with E-state index in [0.717, 1.165) is 11.3 Å². The van der Waals surface area contributed by atoms with Gasteiger partial charge in [-0.2, -0.15) is 0 Å². The smallest absolute Gasteiger partial charge is 0.137 e. The van der Waals surface area contributed by atoms with Crippen LogP contribution in [0.15, 0.2) is 18.5 Å². The summed E-state index contributed by atoms with van der Waals surface area (Å²) >= 11 is 0. The maximum Gasteiger partial charge on any atom is 0.137 e. The Morgan fingerprint density at radius 2 is 2.33 bits per heavy atom. The van der Waals surface area contributed by atoms with Crippen molar-refractivity contribution in [3.05, 3.63) is 24.0 Å². The molecule has 0 unspecified atom stereocenters. The molecule has 0 aliphatic heterocycles. The van der Waals surface area contributed by atoms with Crippen molar-refractivity contribution in [3.8, 4) is 5.75 Å². The van der Waals surface area contributed by atoms with E-state index in [1.165, 1.54) is 0 Å². The molecule has 0 aromatic carbocycles. The Morgan fingerprint density at radius 1 is 1.58 bits per heavy atom. The number of methoxy groups -OCH3 is 1. The van der Waals surface area contributed by atoms with Crippen LogP contribution in [0.5, 0.6) is 5.75 Å². The van der Waals surface area contributed by atoms with Crippen LogP contribution in [0.25, 0.3) is 0 Å². The lowest BCUT2D eigenvalue weighted by Gasteiger charge is -2.05. The van der Waals surface area contributed by atoms with Gasteiger partial charge in [0.15, 0.2) is 0 Å². The number of aliphatic hydroxyl groups excluding tert-OH is 1. The van der Waals surface area contributed by atoms with Gasteiger partial charge < -0.3 is 9.84 Å². The number of pyridine rings is 1. The van der Waals surface area contributed by atoms with Gasteiger partial charge in [-0.15, -0.1) is 0 Å². The summed E-state index contributed by atoms with van der Waals surface area (Å²) < 4.78 is 4.99. The van der Waals surface area contributed by atoms with Gasteiger partial charge in [-0.25, -0.2) is 0 Å². The molecule has 3 nitrogen and oxygen atoms in total. The maximum absolute atomic E-state index is 9.10. The molecule has 1 aromatic heterocycles. The van der Waals surface area contributed by atoms with E-state index in [-0.39, 0.29) is 6.10 Å². The number of hydrogen-bond acceptors (Lipinski definition) is 3. The Labute approximate surface area is 72.0 Å². The van der Waals surface area contributed by atoms with Crippen molar-refractivity contribution in [1.82, 2.24) is 4.98 Å². The van der Waals surface area contributed by atoms with Crippen LogP contribution in [0.1, 0.15) is 12.5 Å². The first kappa shape index (κ1) is 9.00. The van der Waals surface area contributed by atoms with Crippen molar-refractivity contribution in [3.63, 3.8) is 0 Å². The summed E-state index contributed by atoms with van der Waals surface area (Å²) in [5, 5.41) is 9.10. The Hall–Kier alpha value is -1.09. The molecule has 0 saturated carbocycles. The van der Waals surface area contributed by atoms with E-state index >= 15 is 0 Å². The molecule has 12 heavy (non-hydrogen) atoms. The summed E-state index contributed by atoms with van der Waals surface area (Å²) in [5.41, 5.74) is 0.990. The summed E-state index contributed by atoms with van der Waals surface area (Å²) in [6.07, 6.45) is 3.66. The molecular weight excluding hydrogens is 154 g/mol. The summed E-state index contributed by atoms with van der Waals surface area (Å²) in [5.74, 6) is 0.730. The topological polar surface area (TPSA) is 42.4 Å². The second-order valence-electron chi connectivity index (χ2n) is 2.79. The molecule has 1 atom stereocenters. The number of nitrogens with zero attached hydrogens (tertiary/aromatic N) is 1. The highest BCUT2D eigenvalue weighted by molar-refractivity contribution is 5.23. The van der Waals surface area contributed by atoms with Crippen molar-refractivity contribution in [2.45, 2.75) is 19.4 Å². The maximum atomic E-state index is 9.10. The minimum Gasteiger partial charge on any atom is -0.495 e. The molecule has 1 aromatic rings. The second kappa shape index (κ2) is 4.07. The van der Waals surface area contributed by atoms with Gasteiger partial charge in [0.1, 0.15) is 5.75 Å². The van der Waals surface area contributed by atoms with Crippen LogP contribution in [0.2, 0.25) is 0 Å². The number of ether oxygens (including phenoxy) is 1. The molecule has 0 bridgehead atoms. The second-order valence-corrected chi connectivity index (χ2v) is 2.79. The molecule has 0 aliphatic rings. The van der Waals surface area contributed by atoms with Gasteiger partial charge >= 0.3 is 0 Å². The largest absolute Gasteiger partial charge is 0.495 e. The normalized spacial score (nSPS) is 12.6. The van der Waals surface area contributed by atoms with Crippen molar-refractivity contribution < 1.29 is 9.84 Å². The Bertz CT molecular complexity index is 248. The highest BCUT2D eigenvalue weighted by Gasteiger charge is 2.00. The van der Waals surface area contributed by atoms with Crippen molar-refractivity contribution >= 4 is 0 Å². The monoisotopic (exact) mass is 167 g/mol. The van der Waals surface area contributed by atoms with Crippen LogP contribution in [-0.2, 0) is 6.42 Å². The van der Waals surface area contributed by atoms with Crippen LogP contribution in [0.3, 0.4) is 0 Å². The summed E-state index contributed by atoms with van der Waals surface area (Å²) in [7, 11) is 1.60. The molecule has 1 heterocycles. The third-order valence-electron chi connectivity index (χ3n) is 1.54. The van der Waals surface area contributed by atoms with Crippen molar-refractivity contribution in [2.75, 3.05) is 7.11 Å². The lowest BCUT2D eigenvalue weighted by atomic mass is 10.1. The molecule has 0 aliphatic carbocycles. The van der Waals surface area contributed by atoms with E-state index in [1.807, 2.05) is 6.07 Å². The lowest BCUT2D eigenvalue weighted by molar-refractivity contribution is 0.195. The van der Waals surface area contributed by atoms with Crippen molar-refractivity contribution in [1.29, 1.82) is 0 Å². The quantitative estimate of drug-likeness (QED) is 0.730. The molecule has 0 radical (unpaired) electrons. The van der Waals surface area contributed by atoms with E-state index < -0.39 is 0 Å². The van der Waals surface area contributed by atoms with E-state index in [2.05, 4.69) is 4.98 Å². The van der Waals surface area contributed by atoms with Crippen LogP contribution < -0.4 is 4.74 Å². The average molecular weight is 167 g/mol. The van der Waals surface area contributed by atoms with Gasteiger partial charge in [0, 0.05) is 6.20 Å². The lowest BCUT2D eigenvalue weighted by Crippen LogP contribution is -2.04. The third-order valence-corrected chi connectivity index (χ3v) is 1.54. The molecule has 1 N–H and O–H groups in total. The first-order chi connectivity index (χ1) is 5.72. The number of hydrogen-bond donors (Lipinski definition) is 1. The van der Waals surface area contributed by atoms with Gasteiger partial charge in [0.25, 0.3) is 0 Å². The minimum absolute atomic E-state index is 0.334. The fraction of sp³-hybridized carbons (Fsp3) is 0.444. The highest BCUT2D eigenvalue weighted by atomic mass is 16.5. The fourth-order valence-corrected chi connectivity index (χ4v) is 1.03. The minimum atomic E-state index is -0.334. The number of aliphatic hydroxyl groups is 1. The summed E-state index contributed by atoms with van der Waals surface area (Å²) in [6.45, 7) is 1.75. The van der Waals surface area contributed by atoms with Crippen LogP contribution in [0.4, 0.5) is 0 Å². The molecule has 0 spiro atoms. The molecule has 0 saturated heterocycles. The first-order valence-corrected chi connectivity index (χ1v) is 3.88. The van der Waals surface area contributed by atoms with Crippen LogP contribution in [0, 0.1) is 0 Å². The van der Waals surface area contributed by atoms with Gasteiger partial charge in [-0.05, 0) is 25.0 Å². The molecule has 66 valence electrons. The predicted molar refractivity (Wildman–Crippen MR) is 46.2 cm³/mol. The number of aromatic nitrogens is 1. The average Bonchev–Trinajstić information content (AvgIpc) is 2.03. The molecule has 0 fully saturated rings. The first-order valence-electron chi connectivity index (χ1n) is 3.88. The number of rotatable bonds is 3. The SMILES string of the molecule is COc1cncc(C[C@@H](C)O)c1. The summed E-state index contributed by atoms with van der Waals surface area (Å²) in [4.78, 5) is 3.97. The van der Waals surface area contributed by atoms with E-state index in [0.29, 0.717) is 6.42 Å². The van der Waals surface area contributed by atoms with E-state index in [1.54, 1.807) is 26.4 Å². The zero-order valence-corrected chi connectivity index (χ0v) is 7.32. The highest BCUT2D eigenvalue weighted by Crippen LogP contribution is 2.11. The fourth-order valence-electron chi connectivity index (χ4n) is 1.03. The Morgan fingerprint density at radius 3 is 2.92 bits per heavy atom. The summed E-state index contributed by atoms with van der Waals surface area (Å²) in [6, 6.07) is 1.87. The van der Waals surface area contributed by atoms with Gasteiger partial charge in [-0.3, -0.25) is 4.98 Å². The van der Waals surface area contributed by atoms with Crippen LogP contribution in [-0.4, -0.2) is 23.3 Å². The Balaban J connectivity index is 2.72. The molecule has 1 rings (SSSR count). The Kier molecular flexibility index (Phi) is 3.05. The third kappa shape index (κ3) is 2.51. The van der Waals surface area contributed by atoms with Crippen molar-refractivity contribution in [2.24, 2.45) is 0 Å². The zero-order chi connectivity index (χ0) is 8.97. The van der Waals surface area contributed by atoms with Gasteiger partial charge in [-0.1, -0.05) is 0 Å². The predicted octanol–water partition coefficient (Wildman–Crippen LogP) is 1.01. The zero-order valence-electron chi connectivity index (χ0n) is 7.32. The molecule has 0 amide bonds. The van der Waals surface area contributed by atoms with Gasteiger partial charge in [0.2, 0.25) is 0 Å². The van der Waals surface area contributed by atoms with Gasteiger partial charge in [0.05, 0.1) is 19.4 Å². The molecule has 3 heteroatoms.